The molecule has 0 saturated carbocycles. The van der Waals surface area contributed by atoms with Gasteiger partial charge in [0.15, 0.2) is 0 Å². The van der Waals surface area contributed by atoms with E-state index < -0.39 is 29.9 Å². The third-order valence-electron chi connectivity index (χ3n) is 5.60. The van der Waals surface area contributed by atoms with Gasteiger partial charge in [-0.1, -0.05) is 31.2 Å². The fraction of sp³-hybridized carbons (Fsp3) is 0.304. The lowest BCUT2D eigenvalue weighted by Gasteiger charge is -2.22. The predicted molar refractivity (Wildman–Crippen MR) is 119 cm³/mol. The SMILES string of the molecule is CCCn1c(NC(=O)CN2C(=O)N[C@](C)(c3ccc(OC)cc3)C2=O)nc2ccccc21. The summed E-state index contributed by atoms with van der Waals surface area (Å²) in [7, 11) is 1.55. The Morgan fingerprint density at radius 2 is 1.88 bits per heavy atom. The third-order valence-corrected chi connectivity index (χ3v) is 5.60. The summed E-state index contributed by atoms with van der Waals surface area (Å²) >= 11 is 0. The number of imidazole rings is 1. The monoisotopic (exact) mass is 435 g/mol. The molecule has 166 valence electrons. The zero-order valence-corrected chi connectivity index (χ0v) is 18.2. The van der Waals surface area contributed by atoms with Gasteiger partial charge in [-0.2, -0.15) is 0 Å². The van der Waals surface area contributed by atoms with Crippen LogP contribution in [0.1, 0.15) is 25.8 Å². The summed E-state index contributed by atoms with van der Waals surface area (Å²) in [5.74, 6) is 0.0355. The quantitative estimate of drug-likeness (QED) is 0.555. The van der Waals surface area contributed by atoms with Crippen LogP contribution in [0, 0.1) is 0 Å². The Bertz CT molecular complexity index is 1190. The number of nitrogens with zero attached hydrogens (tertiary/aromatic N) is 3. The van der Waals surface area contributed by atoms with Gasteiger partial charge < -0.3 is 14.6 Å². The average Bonchev–Trinajstić information content (AvgIpc) is 3.24. The molecule has 0 aliphatic carbocycles. The molecule has 1 fully saturated rings. The number of hydrogen-bond donors (Lipinski definition) is 2. The number of para-hydroxylation sites is 2. The number of anilines is 1. The standard InChI is InChI=1S/C23H25N5O4/c1-4-13-27-18-8-6-5-7-17(18)24-21(27)25-19(29)14-28-20(30)23(2,26-22(28)31)15-9-11-16(32-3)12-10-15/h5-12H,4,13-14H2,1-3H3,(H,26,31)(H,24,25,29)/t23-/m1/s1. The van der Waals surface area contributed by atoms with Gasteiger partial charge >= 0.3 is 6.03 Å². The van der Waals surface area contributed by atoms with E-state index in [0.29, 0.717) is 23.8 Å². The molecular formula is C23H25N5O4. The summed E-state index contributed by atoms with van der Waals surface area (Å²) in [6.07, 6.45) is 0.858. The second-order valence-corrected chi connectivity index (χ2v) is 7.80. The van der Waals surface area contributed by atoms with Crippen molar-refractivity contribution in [2.75, 3.05) is 19.0 Å². The van der Waals surface area contributed by atoms with E-state index >= 15 is 0 Å². The number of methoxy groups -OCH3 is 1. The summed E-state index contributed by atoms with van der Waals surface area (Å²) < 4.78 is 7.07. The molecule has 2 N–H and O–H groups in total. The van der Waals surface area contributed by atoms with Crippen LogP contribution in [0.3, 0.4) is 0 Å². The molecule has 9 heteroatoms. The highest BCUT2D eigenvalue weighted by Gasteiger charge is 2.49. The Morgan fingerprint density at radius 3 is 2.56 bits per heavy atom. The van der Waals surface area contributed by atoms with E-state index in [1.54, 1.807) is 38.3 Å². The van der Waals surface area contributed by atoms with Gasteiger partial charge in [0.1, 0.15) is 17.8 Å². The van der Waals surface area contributed by atoms with E-state index in [4.69, 9.17) is 4.74 Å². The van der Waals surface area contributed by atoms with Crippen LogP contribution < -0.4 is 15.4 Å². The van der Waals surface area contributed by atoms with Crippen LogP contribution in [0.2, 0.25) is 0 Å². The maximum atomic E-state index is 13.1. The molecule has 1 atom stereocenters. The van der Waals surface area contributed by atoms with Crippen molar-refractivity contribution in [3.05, 3.63) is 54.1 Å². The lowest BCUT2D eigenvalue weighted by Crippen LogP contribution is -2.42. The Kier molecular flexibility index (Phi) is 5.56. The highest BCUT2D eigenvalue weighted by molar-refractivity contribution is 6.10. The van der Waals surface area contributed by atoms with Gasteiger partial charge in [-0.15, -0.1) is 0 Å². The molecule has 2 aromatic carbocycles. The average molecular weight is 435 g/mol. The van der Waals surface area contributed by atoms with Crippen LogP contribution in [0.4, 0.5) is 10.7 Å². The Balaban J connectivity index is 1.52. The minimum Gasteiger partial charge on any atom is -0.497 e. The number of carbonyl (C=O) groups excluding carboxylic acids is 3. The number of imide groups is 1. The van der Waals surface area contributed by atoms with Crippen molar-refractivity contribution in [1.82, 2.24) is 19.8 Å². The molecule has 0 radical (unpaired) electrons. The summed E-state index contributed by atoms with van der Waals surface area (Å²) in [5.41, 5.74) is 1.01. The maximum Gasteiger partial charge on any atom is 0.325 e. The minimum atomic E-state index is -1.26. The van der Waals surface area contributed by atoms with Crippen molar-refractivity contribution in [3.63, 3.8) is 0 Å². The first-order valence-electron chi connectivity index (χ1n) is 10.4. The van der Waals surface area contributed by atoms with Crippen molar-refractivity contribution in [3.8, 4) is 5.75 Å². The third kappa shape index (κ3) is 3.66. The fourth-order valence-corrected chi connectivity index (χ4v) is 3.89. The van der Waals surface area contributed by atoms with Crippen molar-refractivity contribution in [2.24, 2.45) is 0 Å². The number of aryl methyl sites for hydroxylation is 1. The highest BCUT2D eigenvalue weighted by atomic mass is 16.5. The van der Waals surface area contributed by atoms with Crippen LogP contribution >= 0.6 is 0 Å². The van der Waals surface area contributed by atoms with Gasteiger partial charge in [0.2, 0.25) is 11.9 Å². The van der Waals surface area contributed by atoms with Crippen LogP contribution in [-0.4, -0.2) is 46.0 Å². The molecule has 9 nitrogen and oxygen atoms in total. The van der Waals surface area contributed by atoms with Crippen molar-refractivity contribution in [1.29, 1.82) is 0 Å². The molecule has 1 aliphatic heterocycles. The van der Waals surface area contributed by atoms with E-state index in [1.807, 2.05) is 35.8 Å². The molecule has 0 bridgehead atoms. The number of ether oxygens (including phenoxy) is 1. The zero-order chi connectivity index (χ0) is 22.9. The second-order valence-electron chi connectivity index (χ2n) is 7.80. The maximum absolute atomic E-state index is 13.1. The first-order chi connectivity index (χ1) is 15.4. The number of fused-ring (bicyclic) bond motifs is 1. The van der Waals surface area contributed by atoms with Crippen molar-refractivity contribution >= 4 is 34.8 Å². The normalized spacial score (nSPS) is 18.2. The van der Waals surface area contributed by atoms with Crippen LogP contribution in [0.25, 0.3) is 11.0 Å². The largest absolute Gasteiger partial charge is 0.497 e. The van der Waals surface area contributed by atoms with E-state index in [-0.39, 0.29) is 0 Å². The molecule has 0 unspecified atom stereocenters. The van der Waals surface area contributed by atoms with E-state index in [2.05, 4.69) is 15.6 Å². The van der Waals surface area contributed by atoms with E-state index in [1.165, 1.54) is 0 Å². The number of nitrogens with one attached hydrogen (secondary N) is 2. The number of aromatic nitrogens is 2. The minimum absolute atomic E-state index is 0.392. The summed E-state index contributed by atoms with van der Waals surface area (Å²) in [6.45, 7) is 3.92. The summed E-state index contributed by atoms with van der Waals surface area (Å²) in [6, 6.07) is 13.8. The van der Waals surface area contributed by atoms with Crippen LogP contribution in [0.5, 0.6) is 5.75 Å². The van der Waals surface area contributed by atoms with Crippen LogP contribution in [-0.2, 0) is 21.7 Å². The molecule has 1 aromatic heterocycles. The number of hydrogen-bond acceptors (Lipinski definition) is 5. The molecule has 2 heterocycles. The number of urea groups is 1. The molecule has 1 aliphatic rings. The molecule has 0 spiro atoms. The Morgan fingerprint density at radius 1 is 1.16 bits per heavy atom. The van der Waals surface area contributed by atoms with Gasteiger partial charge in [0, 0.05) is 6.54 Å². The fourth-order valence-electron chi connectivity index (χ4n) is 3.89. The molecule has 3 aromatic rings. The molecule has 4 amide bonds. The summed E-state index contributed by atoms with van der Waals surface area (Å²) in [5, 5.41) is 5.46. The second kappa shape index (κ2) is 8.33. The van der Waals surface area contributed by atoms with Gasteiger partial charge in [-0.25, -0.2) is 9.78 Å². The highest BCUT2D eigenvalue weighted by Crippen LogP contribution is 2.30. The number of amides is 4. The van der Waals surface area contributed by atoms with Gasteiger partial charge in [-0.05, 0) is 43.2 Å². The lowest BCUT2D eigenvalue weighted by molar-refractivity contribution is -0.133. The van der Waals surface area contributed by atoms with E-state index in [9.17, 15) is 14.4 Å². The van der Waals surface area contributed by atoms with Gasteiger partial charge in [0.05, 0.1) is 18.1 Å². The van der Waals surface area contributed by atoms with Gasteiger partial charge in [0.25, 0.3) is 5.91 Å². The number of rotatable bonds is 7. The number of carbonyl (C=O) groups is 3. The topological polar surface area (TPSA) is 106 Å². The molecule has 1 saturated heterocycles. The Hall–Kier alpha value is -3.88. The predicted octanol–water partition coefficient (Wildman–Crippen LogP) is 2.86. The van der Waals surface area contributed by atoms with Crippen molar-refractivity contribution < 1.29 is 19.1 Å². The number of benzene rings is 2. The van der Waals surface area contributed by atoms with E-state index in [0.717, 1.165) is 22.4 Å². The van der Waals surface area contributed by atoms with Crippen molar-refractivity contribution in [2.45, 2.75) is 32.4 Å². The molecule has 32 heavy (non-hydrogen) atoms. The van der Waals surface area contributed by atoms with Crippen LogP contribution in [0.15, 0.2) is 48.5 Å². The lowest BCUT2D eigenvalue weighted by atomic mass is 9.92. The Labute approximate surface area is 185 Å². The summed E-state index contributed by atoms with van der Waals surface area (Å²) in [4.78, 5) is 43.8. The molecular weight excluding hydrogens is 410 g/mol. The first-order valence-corrected chi connectivity index (χ1v) is 10.4. The first kappa shape index (κ1) is 21.4. The zero-order valence-electron chi connectivity index (χ0n) is 18.2. The molecule has 4 rings (SSSR count). The van der Waals surface area contributed by atoms with Gasteiger partial charge in [-0.3, -0.25) is 19.8 Å². The smallest absolute Gasteiger partial charge is 0.325 e.